The monoisotopic (exact) mass is 288 g/mol. The average Bonchev–Trinajstić information content (AvgIpc) is 2.46. The molecule has 0 aromatic heterocycles. The number of fused-ring (bicyclic) bond motifs is 2. The number of phenols is 2. The van der Waals surface area contributed by atoms with Crippen molar-refractivity contribution < 1.29 is 24.9 Å². The molecule has 0 aliphatic heterocycles. The van der Waals surface area contributed by atoms with E-state index in [-0.39, 0.29) is 34.2 Å². The molecule has 0 bridgehead atoms. The predicted molar refractivity (Wildman–Crippen MR) is 74.4 cm³/mol. The molecule has 3 atom stereocenters. The molecule has 21 heavy (non-hydrogen) atoms. The smallest absolute Gasteiger partial charge is 0.171 e. The highest BCUT2D eigenvalue weighted by Gasteiger charge is 2.45. The van der Waals surface area contributed by atoms with E-state index in [9.17, 15) is 24.9 Å². The highest BCUT2D eigenvalue weighted by molar-refractivity contribution is 6.18. The SMILES string of the molecule is C[C@H](O)C1=CC[C@@H]2C(=O)c3c(O)ccc(O)c3C(=O)[C@@H]2C1. The molecule has 110 valence electrons. The molecule has 0 heterocycles. The van der Waals surface area contributed by atoms with E-state index in [1.165, 1.54) is 12.1 Å². The number of aromatic hydroxyl groups is 2. The number of ketones is 2. The van der Waals surface area contributed by atoms with Crippen molar-refractivity contribution in [1.82, 2.24) is 0 Å². The van der Waals surface area contributed by atoms with E-state index in [4.69, 9.17) is 0 Å². The van der Waals surface area contributed by atoms with Gasteiger partial charge in [0.05, 0.1) is 17.2 Å². The molecule has 0 unspecified atom stereocenters. The van der Waals surface area contributed by atoms with Crippen molar-refractivity contribution in [2.75, 3.05) is 0 Å². The van der Waals surface area contributed by atoms with Crippen molar-refractivity contribution in [2.24, 2.45) is 11.8 Å². The predicted octanol–water partition coefficient (Wildman–Crippen LogP) is 1.81. The van der Waals surface area contributed by atoms with Crippen LogP contribution in [0.25, 0.3) is 0 Å². The van der Waals surface area contributed by atoms with Gasteiger partial charge in [-0.05, 0) is 37.5 Å². The molecular weight excluding hydrogens is 272 g/mol. The van der Waals surface area contributed by atoms with Crippen LogP contribution in [-0.4, -0.2) is 33.0 Å². The number of hydrogen-bond acceptors (Lipinski definition) is 5. The molecule has 1 aromatic rings. The van der Waals surface area contributed by atoms with Crippen LogP contribution in [0.4, 0.5) is 0 Å². The minimum Gasteiger partial charge on any atom is -0.507 e. The fourth-order valence-electron chi connectivity index (χ4n) is 3.28. The number of hydrogen-bond donors (Lipinski definition) is 3. The van der Waals surface area contributed by atoms with Crippen molar-refractivity contribution in [3.8, 4) is 11.5 Å². The van der Waals surface area contributed by atoms with Crippen molar-refractivity contribution in [1.29, 1.82) is 0 Å². The first-order valence-corrected chi connectivity index (χ1v) is 6.92. The van der Waals surface area contributed by atoms with Gasteiger partial charge in [-0.15, -0.1) is 0 Å². The van der Waals surface area contributed by atoms with Gasteiger partial charge in [0.1, 0.15) is 11.5 Å². The summed E-state index contributed by atoms with van der Waals surface area (Å²) in [7, 11) is 0. The summed E-state index contributed by atoms with van der Waals surface area (Å²) in [5.74, 6) is -2.32. The summed E-state index contributed by atoms with van der Waals surface area (Å²) in [6.45, 7) is 1.62. The first kappa shape index (κ1) is 13.8. The van der Waals surface area contributed by atoms with Crippen LogP contribution in [0.5, 0.6) is 11.5 Å². The Bertz CT molecular complexity index is 671. The molecule has 0 spiro atoms. The molecule has 0 amide bonds. The van der Waals surface area contributed by atoms with Crippen LogP contribution in [0, 0.1) is 11.8 Å². The average molecular weight is 288 g/mol. The maximum atomic E-state index is 12.6. The first-order valence-electron chi connectivity index (χ1n) is 6.92. The molecule has 5 nitrogen and oxygen atoms in total. The summed E-state index contributed by atoms with van der Waals surface area (Å²) >= 11 is 0. The number of allylic oxidation sites excluding steroid dienone is 1. The first-order chi connectivity index (χ1) is 9.91. The zero-order valence-corrected chi connectivity index (χ0v) is 11.5. The minimum atomic E-state index is -0.659. The number of Topliss-reactive ketones (excluding diaryl/α,β-unsaturated/α-hetero) is 2. The van der Waals surface area contributed by atoms with E-state index in [0.29, 0.717) is 12.8 Å². The lowest BCUT2D eigenvalue weighted by molar-refractivity contribution is 0.0709. The Morgan fingerprint density at radius 3 is 2.10 bits per heavy atom. The van der Waals surface area contributed by atoms with Crippen molar-refractivity contribution in [3.05, 3.63) is 34.9 Å². The number of aliphatic hydroxyl groups excluding tert-OH is 1. The van der Waals surface area contributed by atoms with Gasteiger partial charge < -0.3 is 15.3 Å². The van der Waals surface area contributed by atoms with Gasteiger partial charge in [0.25, 0.3) is 0 Å². The quantitative estimate of drug-likeness (QED) is 0.541. The molecule has 2 aliphatic carbocycles. The lowest BCUT2D eigenvalue weighted by Crippen LogP contribution is -2.39. The van der Waals surface area contributed by atoms with Gasteiger partial charge in [0, 0.05) is 11.8 Å². The molecule has 3 rings (SSSR count). The normalized spacial score (nSPS) is 25.9. The van der Waals surface area contributed by atoms with Crippen LogP contribution < -0.4 is 0 Å². The Morgan fingerprint density at radius 2 is 1.57 bits per heavy atom. The summed E-state index contributed by atoms with van der Waals surface area (Å²) in [6, 6.07) is 2.44. The summed E-state index contributed by atoms with van der Waals surface area (Å²) in [5.41, 5.74) is 0.573. The van der Waals surface area contributed by atoms with Gasteiger partial charge in [-0.3, -0.25) is 9.59 Å². The largest absolute Gasteiger partial charge is 0.507 e. The van der Waals surface area contributed by atoms with Gasteiger partial charge in [0.15, 0.2) is 11.6 Å². The van der Waals surface area contributed by atoms with Crippen LogP contribution in [-0.2, 0) is 0 Å². The third-order valence-corrected chi connectivity index (χ3v) is 4.44. The Hall–Kier alpha value is -2.14. The maximum absolute atomic E-state index is 12.6. The minimum absolute atomic E-state index is 0.0739. The zero-order valence-electron chi connectivity index (χ0n) is 11.5. The van der Waals surface area contributed by atoms with Crippen molar-refractivity contribution in [3.63, 3.8) is 0 Å². The van der Waals surface area contributed by atoms with Gasteiger partial charge >= 0.3 is 0 Å². The summed E-state index contributed by atoms with van der Waals surface area (Å²) in [4.78, 5) is 25.1. The number of rotatable bonds is 1. The number of phenolic OH excluding ortho intramolecular Hbond substituents is 2. The van der Waals surface area contributed by atoms with Crippen LogP contribution in [0.15, 0.2) is 23.8 Å². The van der Waals surface area contributed by atoms with E-state index in [1.807, 2.05) is 0 Å². The van der Waals surface area contributed by atoms with Crippen LogP contribution in [0.1, 0.15) is 40.5 Å². The van der Waals surface area contributed by atoms with E-state index < -0.39 is 17.9 Å². The fourth-order valence-corrected chi connectivity index (χ4v) is 3.28. The van der Waals surface area contributed by atoms with Crippen LogP contribution in [0.3, 0.4) is 0 Å². The van der Waals surface area contributed by atoms with Gasteiger partial charge in [-0.2, -0.15) is 0 Å². The Balaban J connectivity index is 2.12. The molecule has 2 aliphatic rings. The summed E-state index contributed by atoms with van der Waals surface area (Å²) in [5, 5.41) is 29.4. The standard InChI is InChI=1S/C16H16O5/c1-7(17)8-2-3-9-10(6-8)16(21)14-12(19)5-4-11(18)13(14)15(9)20/h2,4-5,7,9-10,17-19H,3,6H2,1H3/t7-,9-,10+/m0/s1. The van der Waals surface area contributed by atoms with E-state index in [2.05, 4.69) is 0 Å². The van der Waals surface area contributed by atoms with Gasteiger partial charge in [-0.1, -0.05) is 6.08 Å². The molecule has 3 N–H and O–H groups in total. The van der Waals surface area contributed by atoms with Crippen LogP contribution >= 0.6 is 0 Å². The second kappa shape index (κ2) is 4.70. The van der Waals surface area contributed by atoms with Crippen LogP contribution in [0.2, 0.25) is 0 Å². The van der Waals surface area contributed by atoms with E-state index in [0.717, 1.165) is 5.57 Å². The number of carbonyl (C=O) groups is 2. The molecule has 0 saturated carbocycles. The van der Waals surface area contributed by atoms with E-state index >= 15 is 0 Å². The zero-order chi connectivity index (χ0) is 15.3. The molecule has 5 heteroatoms. The number of carbonyl (C=O) groups excluding carboxylic acids is 2. The second-order valence-corrected chi connectivity index (χ2v) is 5.69. The molecule has 0 fully saturated rings. The Labute approximate surface area is 121 Å². The summed E-state index contributed by atoms with van der Waals surface area (Å²) in [6.07, 6.45) is 1.81. The lowest BCUT2D eigenvalue weighted by atomic mass is 9.67. The topological polar surface area (TPSA) is 94.8 Å². The van der Waals surface area contributed by atoms with E-state index in [1.54, 1.807) is 13.0 Å². The Kier molecular flexibility index (Phi) is 3.10. The maximum Gasteiger partial charge on any atom is 0.171 e. The highest BCUT2D eigenvalue weighted by atomic mass is 16.3. The summed E-state index contributed by atoms with van der Waals surface area (Å²) < 4.78 is 0. The fraction of sp³-hybridized carbons (Fsp3) is 0.375. The lowest BCUT2D eigenvalue weighted by Gasteiger charge is -2.35. The molecular formula is C16H16O5. The molecule has 0 radical (unpaired) electrons. The molecule has 0 saturated heterocycles. The highest BCUT2D eigenvalue weighted by Crippen LogP contribution is 2.44. The second-order valence-electron chi connectivity index (χ2n) is 5.69. The van der Waals surface area contributed by atoms with Crippen molar-refractivity contribution >= 4 is 11.6 Å². The number of aliphatic hydroxyl groups is 1. The third kappa shape index (κ3) is 1.96. The van der Waals surface area contributed by atoms with Gasteiger partial charge in [-0.25, -0.2) is 0 Å². The third-order valence-electron chi connectivity index (χ3n) is 4.44. The number of benzene rings is 1. The van der Waals surface area contributed by atoms with Gasteiger partial charge in [0.2, 0.25) is 0 Å². The Morgan fingerprint density at radius 1 is 1.05 bits per heavy atom. The molecule has 1 aromatic carbocycles. The van der Waals surface area contributed by atoms with Crippen molar-refractivity contribution in [2.45, 2.75) is 25.9 Å².